The van der Waals surface area contributed by atoms with Crippen molar-refractivity contribution in [1.29, 1.82) is 0 Å². The molecule has 3 heterocycles. The molecule has 0 spiro atoms. The average Bonchev–Trinajstić information content (AvgIpc) is 3.49. The Bertz CT molecular complexity index is 1430. The number of ether oxygens (including phenoxy) is 2. The predicted molar refractivity (Wildman–Crippen MR) is 143 cm³/mol. The van der Waals surface area contributed by atoms with E-state index < -0.39 is 0 Å². The van der Waals surface area contributed by atoms with Gasteiger partial charge in [-0.05, 0) is 80.6 Å². The van der Waals surface area contributed by atoms with Crippen LogP contribution in [0.1, 0.15) is 38.1 Å². The minimum atomic E-state index is 0.00971. The smallest absolute Gasteiger partial charge is 0.329 e. The van der Waals surface area contributed by atoms with Crippen LogP contribution in [0.4, 0.5) is 0 Å². The number of rotatable bonds is 8. The zero-order valence-corrected chi connectivity index (χ0v) is 21.2. The summed E-state index contributed by atoms with van der Waals surface area (Å²) < 4.78 is 15.1. The van der Waals surface area contributed by atoms with Gasteiger partial charge in [0.05, 0.1) is 35.5 Å². The monoisotopic (exact) mass is 486 g/mol. The van der Waals surface area contributed by atoms with E-state index in [0.29, 0.717) is 0 Å². The van der Waals surface area contributed by atoms with E-state index in [9.17, 15) is 4.79 Å². The van der Waals surface area contributed by atoms with Crippen LogP contribution in [0.5, 0.6) is 5.75 Å². The van der Waals surface area contributed by atoms with E-state index in [-0.39, 0.29) is 17.8 Å². The molecule has 0 atom stereocenters. The van der Waals surface area contributed by atoms with Crippen LogP contribution in [0.15, 0.2) is 53.5 Å². The normalized spacial score (nSPS) is 20.3. The molecule has 1 aliphatic heterocycles. The Morgan fingerprint density at radius 3 is 2.53 bits per heavy atom. The maximum atomic E-state index is 13.2. The number of aromatic nitrogens is 3. The van der Waals surface area contributed by atoms with E-state index in [2.05, 4.69) is 34.1 Å². The van der Waals surface area contributed by atoms with Crippen LogP contribution >= 0.6 is 0 Å². The van der Waals surface area contributed by atoms with Crippen LogP contribution in [0.2, 0.25) is 0 Å². The van der Waals surface area contributed by atoms with Gasteiger partial charge in [0.2, 0.25) is 0 Å². The topological polar surface area (TPSA) is 61.5 Å². The van der Waals surface area contributed by atoms with Gasteiger partial charge in [-0.25, -0.2) is 4.79 Å². The Labute approximate surface area is 211 Å². The summed E-state index contributed by atoms with van der Waals surface area (Å²) in [6, 6.07) is 14.8. The number of imidazole rings is 1. The number of hydrogen-bond donors (Lipinski definition) is 0. The summed E-state index contributed by atoms with van der Waals surface area (Å²) in [7, 11) is 3.57. The zero-order valence-electron chi connectivity index (χ0n) is 21.2. The van der Waals surface area contributed by atoms with Gasteiger partial charge in [0.25, 0.3) is 0 Å². The van der Waals surface area contributed by atoms with Crippen molar-refractivity contribution in [3.8, 4) is 16.9 Å². The lowest BCUT2D eigenvalue weighted by Gasteiger charge is -2.34. The maximum Gasteiger partial charge on any atom is 0.329 e. The van der Waals surface area contributed by atoms with Gasteiger partial charge < -0.3 is 14.4 Å². The van der Waals surface area contributed by atoms with Crippen molar-refractivity contribution in [2.75, 3.05) is 33.4 Å². The highest BCUT2D eigenvalue weighted by Crippen LogP contribution is 2.37. The van der Waals surface area contributed by atoms with Crippen LogP contribution in [-0.4, -0.2) is 58.5 Å². The number of benzene rings is 2. The lowest BCUT2D eigenvalue weighted by Crippen LogP contribution is -2.37. The molecule has 2 aromatic heterocycles. The summed E-state index contributed by atoms with van der Waals surface area (Å²) in [5.41, 5.74) is 4.95. The van der Waals surface area contributed by atoms with E-state index in [1.165, 1.54) is 25.9 Å². The second kappa shape index (κ2) is 9.71. The van der Waals surface area contributed by atoms with Crippen molar-refractivity contribution in [2.24, 2.45) is 7.05 Å². The predicted octanol–water partition coefficient (Wildman–Crippen LogP) is 4.77. The maximum absolute atomic E-state index is 13.2. The molecular formula is C29H34N4O3. The van der Waals surface area contributed by atoms with Crippen molar-refractivity contribution in [2.45, 2.75) is 44.2 Å². The number of aryl methyl sites for hydroxylation is 1. The molecule has 1 saturated heterocycles. The van der Waals surface area contributed by atoms with Gasteiger partial charge in [0.15, 0.2) is 0 Å². The van der Waals surface area contributed by atoms with Gasteiger partial charge in [-0.1, -0.05) is 18.2 Å². The molecule has 1 saturated carbocycles. The van der Waals surface area contributed by atoms with Crippen LogP contribution < -0.4 is 10.4 Å². The lowest BCUT2D eigenvalue weighted by atomic mass is 9.89. The molecule has 0 radical (unpaired) electrons. The molecule has 1 aliphatic carbocycles. The number of pyridine rings is 1. The summed E-state index contributed by atoms with van der Waals surface area (Å²) in [6.45, 7) is 4.33. The number of likely N-dealkylation sites (tertiary alicyclic amines) is 1. The van der Waals surface area contributed by atoms with Crippen molar-refractivity contribution < 1.29 is 9.47 Å². The first-order chi connectivity index (χ1) is 17.6. The lowest BCUT2D eigenvalue weighted by molar-refractivity contribution is 0.00635. The SMILES string of the molecule is CO[C@H]1C[C@@H](n2c(=O)n(C)c3cnc4ccc(-c5ccc(OCCCN6CCCC6)cc5)cc4c32)C1. The third kappa shape index (κ3) is 4.20. The second-order valence-electron chi connectivity index (χ2n) is 10.2. The highest BCUT2D eigenvalue weighted by atomic mass is 16.5. The summed E-state index contributed by atoms with van der Waals surface area (Å²) in [5, 5.41) is 1.01. The fraction of sp³-hybridized carbons (Fsp3) is 0.448. The quantitative estimate of drug-likeness (QED) is 0.336. The molecule has 7 nitrogen and oxygen atoms in total. The number of nitrogens with zero attached hydrogens (tertiary/aromatic N) is 4. The second-order valence-corrected chi connectivity index (χ2v) is 10.2. The highest BCUT2D eigenvalue weighted by Gasteiger charge is 2.33. The minimum Gasteiger partial charge on any atom is -0.494 e. The molecular weight excluding hydrogens is 452 g/mol. The Kier molecular flexibility index (Phi) is 6.27. The highest BCUT2D eigenvalue weighted by molar-refractivity contribution is 6.04. The van der Waals surface area contributed by atoms with Gasteiger partial charge in [-0.2, -0.15) is 0 Å². The van der Waals surface area contributed by atoms with Crippen molar-refractivity contribution in [3.05, 3.63) is 59.1 Å². The van der Waals surface area contributed by atoms with Gasteiger partial charge in [0, 0.05) is 32.1 Å². The van der Waals surface area contributed by atoms with E-state index >= 15 is 0 Å². The summed E-state index contributed by atoms with van der Waals surface area (Å²) in [5.74, 6) is 0.902. The summed E-state index contributed by atoms with van der Waals surface area (Å²) in [6.07, 6.45) is 7.47. The van der Waals surface area contributed by atoms with Gasteiger partial charge in [-0.3, -0.25) is 14.1 Å². The first-order valence-electron chi connectivity index (χ1n) is 13.1. The molecule has 2 fully saturated rings. The molecule has 36 heavy (non-hydrogen) atoms. The van der Waals surface area contributed by atoms with Gasteiger partial charge in [0.1, 0.15) is 5.75 Å². The van der Waals surface area contributed by atoms with Gasteiger partial charge >= 0.3 is 5.69 Å². The third-order valence-corrected chi connectivity index (χ3v) is 7.96. The molecule has 188 valence electrons. The Morgan fingerprint density at radius 1 is 1.03 bits per heavy atom. The standard InChI is InChI=1S/C29H34N4O3/c1-31-27-19-30-26-11-8-21(16-25(26)28(27)33(29(31)34)22-17-24(18-22)35-2)20-6-9-23(10-7-20)36-15-5-14-32-12-3-4-13-32/h6-11,16,19,22,24H,3-5,12-15,17-18H2,1-2H3/t22-,24+. The molecule has 0 N–H and O–H groups in total. The number of methoxy groups -OCH3 is 1. The first kappa shape index (κ1) is 23.3. The molecule has 2 aromatic carbocycles. The molecule has 4 aromatic rings. The summed E-state index contributed by atoms with van der Waals surface area (Å²) in [4.78, 5) is 20.4. The molecule has 7 heteroatoms. The van der Waals surface area contributed by atoms with Gasteiger partial charge in [-0.15, -0.1) is 0 Å². The van der Waals surface area contributed by atoms with Crippen LogP contribution in [-0.2, 0) is 11.8 Å². The molecule has 6 rings (SSSR count). The fourth-order valence-corrected chi connectivity index (χ4v) is 5.71. The average molecular weight is 487 g/mol. The van der Waals surface area contributed by atoms with Crippen molar-refractivity contribution in [3.63, 3.8) is 0 Å². The zero-order chi connectivity index (χ0) is 24.6. The van der Waals surface area contributed by atoms with Crippen molar-refractivity contribution >= 4 is 21.9 Å². The molecule has 0 amide bonds. The van der Waals surface area contributed by atoms with E-state index in [0.717, 1.165) is 71.2 Å². The van der Waals surface area contributed by atoms with Crippen LogP contribution in [0.3, 0.4) is 0 Å². The Morgan fingerprint density at radius 2 is 1.78 bits per heavy atom. The van der Waals surface area contributed by atoms with E-state index in [4.69, 9.17) is 9.47 Å². The Hall–Kier alpha value is -3.16. The largest absolute Gasteiger partial charge is 0.494 e. The summed E-state index contributed by atoms with van der Waals surface area (Å²) >= 11 is 0. The number of hydrogen-bond acceptors (Lipinski definition) is 5. The Balaban J connectivity index is 1.26. The van der Waals surface area contributed by atoms with Crippen molar-refractivity contribution in [1.82, 2.24) is 19.0 Å². The molecule has 2 aliphatic rings. The first-order valence-corrected chi connectivity index (χ1v) is 13.1. The van der Waals surface area contributed by atoms with Crippen LogP contribution in [0, 0.1) is 0 Å². The minimum absolute atomic E-state index is 0.00971. The van der Waals surface area contributed by atoms with E-state index in [1.54, 1.807) is 11.7 Å². The van der Waals surface area contributed by atoms with E-state index in [1.807, 2.05) is 36.0 Å². The molecule has 0 bridgehead atoms. The molecule has 0 unspecified atom stereocenters. The fourth-order valence-electron chi connectivity index (χ4n) is 5.71. The number of fused-ring (bicyclic) bond motifs is 3. The third-order valence-electron chi connectivity index (χ3n) is 7.96. The van der Waals surface area contributed by atoms with Crippen LogP contribution in [0.25, 0.3) is 33.1 Å².